The lowest BCUT2D eigenvalue weighted by Gasteiger charge is -2.07. The van der Waals surface area contributed by atoms with Gasteiger partial charge in [0.25, 0.3) is 5.91 Å². The van der Waals surface area contributed by atoms with E-state index in [1.807, 2.05) is 54.6 Å². The number of methoxy groups -OCH3 is 1. The SMILES string of the molecule is COc1ccc(SCC(=O)OCC(=O)NCCSc2ccccc2)cc1. The highest BCUT2D eigenvalue weighted by Crippen LogP contribution is 2.21. The monoisotopic (exact) mass is 391 g/mol. The highest BCUT2D eigenvalue weighted by Gasteiger charge is 2.08. The van der Waals surface area contributed by atoms with E-state index in [2.05, 4.69) is 5.32 Å². The lowest BCUT2D eigenvalue weighted by molar-refractivity contribution is -0.145. The molecule has 0 heterocycles. The van der Waals surface area contributed by atoms with Crippen molar-refractivity contribution in [1.29, 1.82) is 0 Å². The van der Waals surface area contributed by atoms with E-state index in [-0.39, 0.29) is 18.3 Å². The Morgan fingerprint density at radius 2 is 1.65 bits per heavy atom. The van der Waals surface area contributed by atoms with E-state index in [0.29, 0.717) is 6.54 Å². The van der Waals surface area contributed by atoms with Gasteiger partial charge in [0.15, 0.2) is 6.61 Å². The van der Waals surface area contributed by atoms with E-state index in [1.54, 1.807) is 18.9 Å². The number of benzene rings is 2. The number of nitrogens with one attached hydrogen (secondary N) is 1. The molecule has 0 saturated carbocycles. The normalized spacial score (nSPS) is 10.2. The molecule has 0 aliphatic heterocycles. The molecular formula is C19H21NO4S2. The zero-order valence-electron chi connectivity index (χ0n) is 14.5. The van der Waals surface area contributed by atoms with Crippen LogP contribution in [-0.2, 0) is 14.3 Å². The summed E-state index contributed by atoms with van der Waals surface area (Å²) in [4.78, 5) is 25.5. The van der Waals surface area contributed by atoms with Crippen LogP contribution in [0.25, 0.3) is 0 Å². The van der Waals surface area contributed by atoms with Crippen molar-refractivity contribution in [3.63, 3.8) is 0 Å². The Bertz CT molecular complexity index is 692. The number of hydrogen-bond acceptors (Lipinski definition) is 6. The molecule has 1 N–H and O–H groups in total. The molecule has 0 aliphatic rings. The molecule has 0 bridgehead atoms. The predicted octanol–water partition coefficient (Wildman–Crippen LogP) is 3.24. The molecule has 0 spiro atoms. The zero-order chi connectivity index (χ0) is 18.6. The van der Waals surface area contributed by atoms with Crippen LogP contribution in [0.2, 0.25) is 0 Å². The third-order valence-corrected chi connectivity index (χ3v) is 5.22. The van der Waals surface area contributed by atoms with E-state index in [1.165, 1.54) is 11.8 Å². The van der Waals surface area contributed by atoms with Crippen molar-refractivity contribution >= 4 is 35.4 Å². The van der Waals surface area contributed by atoms with Crippen molar-refractivity contribution in [2.75, 3.05) is 31.8 Å². The quantitative estimate of drug-likeness (QED) is 0.381. The van der Waals surface area contributed by atoms with Gasteiger partial charge in [0.2, 0.25) is 0 Å². The fourth-order valence-corrected chi connectivity index (χ4v) is 3.41. The van der Waals surface area contributed by atoms with Gasteiger partial charge in [0.05, 0.1) is 12.9 Å². The number of hydrogen-bond donors (Lipinski definition) is 1. The molecule has 0 aromatic heterocycles. The summed E-state index contributed by atoms with van der Waals surface area (Å²) in [5.41, 5.74) is 0. The average Bonchev–Trinajstić information content (AvgIpc) is 2.69. The predicted molar refractivity (Wildman–Crippen MR) is 105 cm³/mol. The molecule has 0 atom stereocenters. The number of carbonyl (C=O) groups is 2. The summed E-state index contributed by atoms with van der Waals surface area (Å²) in [5.74, 6) is 0.973. The van der Waals surface area contributed by atoms with Crippen molar-refractivity contribution in [3.8, 4) is 5.75 Å². The average molecular weight is 392 g/mol. The van der Waals surface area contributed by atoms with Crippen LogP contribution in [0.1, 0.15) is 0 Å². The van der Waals surface area contributed by atoms with Crippen LogP contribution in [0.4, 0.5) is 0 Å². The molecule has 2 aromatic carbocycles. The Balaban J connectivity index is 1.55. The molecule has 138 valence electrons. The first kappa shape index (κ1) is 20.2. The summed E-state index contributed by atoms with van der Waals surface area (Å²) < 4.78 is 10.1. The Morgan fingerprint density at radius 1 is 0.962 bits per heavy atom. The minimum atomic E-state index is -0.417. The second-order valence-corrected chi connectivity index (χ2v) is 7.35. The van der Waals surface area contributed by atoms with Crippen molar-refractivity contribution < 1.29 is 19.1 Å². The first-order chi connectivity index (χ1) is 12.7. The topological polar surface area (TPSA) is 64.6 Å². The molecule has 1 amide bonds. The van der Waals surface area contributed by atoms with E-state index < -0.39 is 5.97 Å². The summed E-state index contributed by atoms with van der Waals surface area (Å²) in [6.45, 7) is 0.272. The van der Waals surface area contributed by atoms with Crippen LogP contribution >= 0.6 is 23.5 Å². The second kappa shape index (κ2) is 11.5. The number of thioether (sulfide) groups is 2. The van der Waals surface area contributed by atoms with E-state index in [9.17, 15) is 9.59 Å². The highest BCUT2D eigenvalue weighted by molar-refractivity contribution is 8.00. The number of amides is 1. The van der Waals surface area contributed by atoms with Gasteiger partial charge >= 0.3 is 5.97 Å². The zero-order valence-corrected chi connectivity index (χ0v) is 16.1. The molecule has 2 aromatic rings. The van der Waals surface area contributed by atoms with Crippen LogP contribution in [-0.4, -0.2) is 43.6 Å². The smallest absolute Gasteiger partial charge is 0.316 e. The lowest BCUT2D eigenvalue weighted by Crippen LogP contribution is -2.30. The molecule has 2 rings (SSSR count). The maximum Gasteiger partial charge on any atom is 0.316 e. The molecule has 0 radical (unpaired) electrons. The molecule has 0 fully saturated rings. The molecule has 0 unspecified atom stereocenters. The Labute approximate surface area is 161 Å². The number of carbonyl (C=O) groups excluding carboxylic acids is 2. The summed E-state index contributed by atoms with van der Waals surface area (Å²) >= 11 is 3.01. The Hall–Kier alpha value is -2.12. The Morgan fingerprint density at radius 3 is 2.35 bits per heavy atom. The summed E-state index contributed by atoms with van der Waals surface area (Å²) in [5, 5.41) is 2.74. The van der Waals surface area contributed by atoms with Crippen LogP contribution in [0.3, 0.4) is 0 Å². The van der Waals surface area contributed by atoms with Crippen molar-refractivity contribution in [2.45, 2.75) is 9.79 Å². The fraction of sp³-hybridized carbons (Fsp3) is 0.263. The maximum atomic E-state index is 11.7. The van der Waals surface area contributed by atoms with Gasteiger partial charge in [-0.15, -0.1) is 23.5 Å². The first-order valence-corrected chi connectivity index (χ1v) is 10.0. The van der Waals surface area contributed by atoms with Crippen molar-refractivity contribution in [2.24, 2.45) is 0 Å². The largest absolute Gasteiger partial charge is 0.497 e. The van der Waals surface area contributed by atoms with Gasteiger partial charge in [-0.1, -0.05) is 18.2 Å². The fourth-order valence-electron chi connectivity index (χ4n) is 1.93. The van der Waals surface area contributed by atoms with Gasteiger partial charge in [-0.3, -0.25) is 9.59 Å². The second-order valence-electron chi connectivity index (χ2n) is 5.14. The van der Waals surface area contributed by atoms with Gasteiger partial charge in [-0.25, -0.2) is 0 Å². The standard InChI is InChI=1S/C19H21NO4S2/c1-23-15-7-9-17(10-8-15)26-14-19(22)24-13-18(21)20-11-12-25-16-5-3-2-4-6-16/h2-10H,11-14H2,1H3,(H,20,21). The van der Waals surface area contributed by atoms with Gasteiger partial charge < -0.3 is 14.8 Å². The maximum absolute atomic E-state index is 11.7. The first-order valence-electron chi connectivity index (χ1n) is 8.04. The number of esters is 1. The van der Waals surface area contributed by atoms with Gasteiger partial charge in [-0.05, 0) is 36.4 Å². The third-order valence-electron chi connectivity index (χ3n) is 3.22. The molecule has 5 nitrogen and oxygen atoms in total. The third kappa shape index (κ3) is 7.84. The van der Waals surface area contributed by atoms with Gasteiger partial charge in [0, 0.05) is 22.1 Å². The summed E-state index contributed by atoms with van der Waals surface area (Å²) in [7, 11) is 1.60. The van der Waals surface area contributed by atoms with Crippen molar-refractivity contribution in [3.05, 3.63) is 54.6 Å². The number of rotatable bonds is 10. The molecular weight excluding hydrogens is 370 g/mol. The summed E-state index contributed by atoms with van der Waals surface area (Å²) in [6, 6.07) is 17.4. The summed E-state index contributed by atoms with van der Waals surface area (Å²) in [6.07, 6.45) is 0. The minimum absolute atomic E-state index is 0.156. The van der Waals surface area contributed by atoms with Crippen LogP contribution < -0.4 is 10.1 Å². The minimum Gasteiger partial charge on any atom is -0.497 e. The molecule has 0 saturated heterocycles. The van der Waals surface area contributed by atoms with Gasteiger partial charge in [-0.2, -0.15) is 0 Å². The van der Waals surface area contributed by atoms with Gasteiger partial charge in [0.1, 0.15) is 5.75 Å². The lowest BCUT2D eigenvalue weighted by atomic mass is 10.3. The Kier molecular flexibility index (Phi) is 8.92. The molecule has 0 aliphatic carbocycles. The van der Waals surface area contributed by atoms with E-state index in [4.69, 9.17) is 9.47 Å². The molecule has 7 heteroatoms. The van der Waals surface area contributed by atoms with Crippen LogP contribution in [0.15, 0.2) is 64.4 Å². The van der Waals surface area contributed by atoms with Crippen LogP contribution in [0, 0.1) is 0 Å². The van der Waals surface area contributed by atoms with E-state index >= 15 is 0 Å². The van der Waals surface area contributed by atoms with E-state index in [0.717, 1.165) is 21.3 Å². The van der Waals surface area contributed by atoms with Crippen LogP contribution in [0.5, 0.6) is 5.75 Å². The number of ether oxygens (including phenoxy) is 2. The van der Waals surface area contributed by atoms with Crippen molar-refractivity contribution in [1.82, 2.24) is 5.32 Å². The molecule has 26 heavy (non-hydrogen) atoms. The highest BCUT2D eigenvalue weighted by atomic mass is 32.2.